The zero-order chi connectivity index (χ0) is 16.4. The quantitative estimate of drug-likeness (QED) is 0.666. The molecule has 0 saturated carbocycles. The third-order valence-corrected chi connectivity index (χ3v) is 3.41. The van der Waals surface area contributed by atoms with E-state index in [1.54, 1.807) is 36.4 Å². The van der Waals surface area contributed by atoms with Crippen LogP contribution in [0.25, 0.3) is 11.6 Å². The smallest absolute Gasteiger partial charge is 0.336 e. The van der Waals surface area contributed by atoms with Crippen molar-refractivity contribution in [2.24, 2.45) is 0 Å². The van der Waals surface area contributed by atoms with E-state index < -0.39 is 11.9 Å². The Labute approximate surface area is 131 Å². The van der Waals surface area contributed by atoms with Crippen LogP contribution < -0.4 is 9.47 Å². The molecule has 3 rings (SSSR count). The van der Waals surface area contributed by atoms with Crippen LogP contribution in [0, 0.1) is 0 Å². The first-order chi connectivity index (χ1) is 11.1. The predicted molar refractivity (Wildman–Crippen MR) is 81.5 cm³/mol. The average molecular weight is 312 g/mol. The van der Waals surface area contributed by atoms with Crippen LogP contribution in [-0.4, -0.2) is 28.9 Å². The van der Waals surface area contributed by atoms with E-state index >= 15 is 0 Å². The Morgan fingerprint density at radius 3 is 2.48 bits per heavy atom. The minimum Gasteiger partial charge on any atom is -0.478 e. The van der Waals surface area contributed by atoms with Crippen LogP contribution >= 0.6 is 0 Å². The molecular formula is C17H12O6. The van der Waals surface area contributed by atoms with Crippen LogP contribution in [0.2, 0.25) is 0 Å². The fourth-order valence-corrected chi connectivity index (χ4v) is 2.31. The van der Waals surface area contributed by atoms with Gasteiger partial charge in [0, 0.05) is 0 Å². The number of benzene rings is 2. The molecule has 0 radical (unpaired) electrons. The second kappa shape index (κ2) is 5.84. The number of aromatic carboxylic acids is 1. The lowest BCUT2D eigenvalue weighted by atomic mass is 9.99. The number of hydrogen-bond acceptors (Lipinski definition) is 4. The van der Waals surface area contributed by atoms with E-state index in [9.17, 15) is 19.8 Å². The van der Waals surface area contributed by atoms with Gasteiger partial charge in [0.05, 0.1) is 11.1 Å². The molecule has 0 amide bonds. The summed E-state index contributed by atoms with van der Waals surface area (Å²) in [5.41, 5.74) is 0.723. The molecule has 0 aromatic heterocycles. The number of carbonyl (C=O) groups is 2. The molecule has 0 aliphatic carbocycles. The van der Waals surface area contributed by atoms with Gasteiger partial charge in [-0.3, -0.25) is 0 Å². The number of aliphatic carboxylic acids is 1. The van der Waals surface area contributed by atoms with Crippen molar-refractivity contribution in [2.45, 2.75) is 0 Å². The Bertz CT molecular complexity index is 822. The van der Waals surface area contributed by atoms with Crippen molar-refractivity contribution in [3.63, 3.8) is 0 Å². The van der Waals surface area contributed by atoms with Crippen molar-refractivity contribution < 1.29 is 29.3 Å². The van der Waals surface area contributed by atoms with E-state index in [1.165, 1.54) is 12.1 Å². The van der Waals surface area contributed by atoms with Gasteiger partial charge in [0.1, 0.15) is 0 Å². The Morgan fingerprint density at radius 1 is 1.00 bits per heavy atom. The molecule has 1 heterocycles. The van der Waals surface area contributed by atoms with Gasteiger partial charge in [0.25, 0.3) is 0 Å². The SMILES string of the molecule is O=C(O)/C(=C\c1ccccc1C(=O)O)c1ccc2c(c1)OCO2. The molecule has 1 aliphatic rings. The number of hydrogen-bond donors (Lipinski definition) is 2. The second-order valence-electron chi connectivity index (χ2n) is 4.82. The molecule has 116 valence electrons. The van der Waals surface area contributed by atoms with Crippen molar-refractivity contribution in [1.29, 1.82) is 0 Å². The van der Waals surface area contributed by atoms with Crippen molar-refractivity contribution in [2.75, 3.05) is 6.79 Å². The van der Waals surface area contributed by atoms with E-state index in [0.717, 1.165) is 0 Å². The highest BCUT2D eigenvalue weighted by Gasteiger charge is 2.18. The predicted octanol–water partition coefficient (Wildman–Crippen LogP) is 2.74. The van der Waals surface area contributed by atoms with Gasteiger partial charge in [-0.25, -0.2) is 9.59 Å². The van der Waals surface area contributed by atoms with E-state index in [0.29, 0.717) is 22.6 Å². The Balaban J connectivity index is 2.10. The first-order valence-electron chi connectivity index (χ1n) is 6.73. The molecule has 0 bridgehead atoms. The molecule has 2 N–H and O–H groups in total. The fourth-order valence-electron chi connectivity index (χ4n) is 2.31. The van der Waals surface area contributed by atoms with Gasteiger partial charge in [0.2, 0.25) is 6.79 Å². The second-order valence-corrected chi connectivity index (χ2v) is 4.82. The summed E-state index contributed by atoms with van der Waals surface area (Å²) >= 11 is 0. The van der Waals surface area contributed by atoms with Gasteiger partial charge in [-0.05, 0) is 35.4 Å². The molecule has 2 aromatic rings. The topological polar surface area (TPSA) is 93.1 Å². The van der Waals surface area contributed by atoms with E-state index in [1.807, 2.05) is 0 Å². The number of fused-ring (bicyclic) bond motifs is 1. The number of rotatable bonds is 4. The Morgan fingerprint density at radius 2 is 1.74 bits per heavy atom. The fraction of sp³-hybridized carbons (Fsp3) is 0.0588. The normalized spacial score (nSPS) is 13.0. The maximum absolute atomic E-state index is 11.6. The highest BCUT2D eigenvalue weighted by molar-refractivity contribution is 6.21. The van der Waals surface area contributed by atoms with Crippen molar-refractivity contribution in [3.05, 3.63) is 59.2 Å². The molecule has 0 spiro atoms. The molecule has 0 fully saturated rings. The average Bonchev–Trinajstić information content (AvgIpc) is 3.00. The van der Waals surface area contributed by atoms with Gasteiger partial charge in [-0.1, -0.05) is 24.3 Å². The number of ether oxygens (including phenoxy) is 2. The zero-order valence-electron chi connectivity index (χ0n) is 11.9. The molecular weight excluding hydrogens is 300 g/mol. The van der Waals surface area contributed by atoms with E-state index in [-0.39, 0.29) is 17.9 Å². The molecule has 6 heteroatoms. The van der Waals surface area contributed by atoms with Crippen LogP contribution in [0.3, 0.4) is 0 Å². The van der Waals surface area contributed by atoms with Gasteiger partial charge in [-0.15, -0.1) is 0 Å². The number of carboxylic acids is 2. The maximum Gasteiger partial charge on any atom is 0.336 e. The summed E-state index contributed by atoms with van der Waals surface area (Å²) in [6.45, 7) is 0.0900. The van der Waals surface area contributed by atoms with Gasteiger partial charge in [-0.2, -0.15) is 0 Å². The molecule has 0 saturated heterocycles. The first kappa shape index (κ1) is 14.6. The maximum atomic E-state index is 11.6. The lowest BCUT2D eigenvalue weighted by Crippen LogP contribution is -2.03. The van der Waals surface area contributed by atoms with Crippen LogP contribution in [0.5, 0.6) is 11.5 Å². The zero-order valence-corrected chi connectivity index (χ0v) is 11.9. The third-order valence-electron chi connectivity index (χ3n) is 3.41. The van der Waals surface area contributed by atoms with E-state index in [2.05, 4.69) is 0 Å². The lowest BCUT2D eigenvalue weighted by Gasteiger charge is -2.06. The van der Waals surface area contributed by atoms with Gasteiger partial charge >= 0.3 is 11.9 Å². The highest BCUT2D eigenvalue weighted by Crippen LogP contribution is 2.35. The summed E-state index contributed by atoms with van der Waals surface area (Å²) in [4.78, 5) is 22.8. The minimum absolute atomic E-state index is 0.0306. The summed E-state index contributed by atoms with van der Waals surface area (Å²) in [6, 6.07) is 11.0. The van der Waals surface area contributed by atoms with Crippen molar-refractivity contribution >= 4 is 23.6 Å². The van der Waals surface area contributed by atoms with Crippen LogP contribution in [-0.2, 0) is 4.79 Å². The number of carboxylic acid groups (broad SMARTS) is 2. The van der Waals surface area contributed by atoms with Crippen LogP contribution in [0.1, 0.15) is 21.5 Å². The van der Waals surface area contributed by atoms with Crippen molar-refractivity contribution in [1.82, 2.24) is 0 Å². The van der Waals surface area contributed by atoms with Gasteiger partial charge < -0.3 is 19.7 Å². The summed E-state index contributed by atoms with van der Waals surface area (Å²) in [5.74, 6) is -1.28. The van der Waals surface area contributed by atoms with Crippen molar-refractivity contribution in [3.8, 4) is 11.5 Å². The first-order valence-corrected chi connectivity index (χ1v) is 6.73. The third kappa shape index (κ3) is 2.87. The summed E-state index contributed by atoms with van der Waals surface area (Å²) in [5, 5.41) is 18.7. The summed E-state index contributed by atoms with van der Waals surface area (Å²) in [7, 11) is 0. The molecule has 1 aliphatic heterocycles. The molecule has 6 nitrogen and oxygen atoms in total. The highest BCUT2D eigenvalue weighted by atomic mass is 16.7. The Hall–Kier alpha value is -3.28. The molecule has 0 atom stereocenters. The van der Waals surface area contributed by atoms with Crippen LogP contribution in [0.15, 0.2) is 42.5 Å². The summed E-state index contributed by atoms with van der Waals surface area (Å²) < 4.78 is 10.4. The van der Waals surface area contributed by atoms with Crippen LogP contribution in [0.4, 0.5) is 0 Å². The largest absolute Gasteiger partial charge is 0.478 e. The molecule has 23 heavy (non-hydrogen) atoms. The van der Waals surface area contributed by atoms with Gasteiger partial charge in [0.15, 0.2) is 11.5 Å². The standard InChI is InChI=1S/C17H12O6/c18-16(19)12-4-2-1-3-10(12)7-13(17(20)21)11-5-6-14-15(8-11)23-9-22-14/h1-8H,9H2,(H,18,19)(H,20,21)/b13-7-. The minimum atomic E-state index is -1.16. The Kier molecular flexibility index (Phi) is 3.72. The lowest BCUT2D eigenvalue weighted by molar-refractivity contribution is -0.130. The summed E-state index contributed by atoms with van der Waals surface area (Å²) in [6.07, 6.45) is 1.34. The molecule has 0 unspecified atom stereocenters. The molecule has 2 aromatic carbocycles. The monoisotopic (exact) mass is 312 g/mol. The van der Waals surface area contributed by atoms with E-state index in [4.69, 9.17) is 9.47 Å².